The highest BCUT2D eigenvalue weighted by atomic mass is 16.6. The summed E-state index contributed by atoms with van der Waals surface area (Å²) in [5, 5.41) is 31.5. The summed E-state index contributed by atoms with van der Waals surface area (Å²) in [5.41, 5.74) is -0.169. The van der Waals surface area contributed by atoms with Gasteiger partial charge in [0.05, 0.1) is 29.2 Å². The third-order valence-electron chi connectivity index (χ3n) is 5.62. The van der Waals surface area contributed by atoms with Gasteiger partial charge in [-0.3, -0.25) is 24.5 Å². The number of ketones is 1. The molecule has 1 aliphatic rings. The fraction of sp³-hybridized carbons (Fsp3) is 0.292. The second-order valence-electron chi connectivity index (χ2n) is 7.74. The Kier molecular flexibility index (Phi) is 7.62. The fourth-order valence-corrected chi connectivity index (χ4v) is 3.96. The van der Waals surface area contributed by atoms with Crippen molar-refractivity contribution < 1.29 is 34.3 Å². The largest absolute Gasteiger partial charge is 0.507 e. The van der Waals surface area contributed by atoms with Gasteiger partial charge in [0, 0.05) is 24.6 Å². The highest BCUT2D eigenvalue weighted by Crippen LogP contribution is 2.42. The molecule has 2 aromatic rings. The predicted molar refractivity (Wildman–Crippen MR) is 121 cm³/mol. The Morgan fingerprint density at radius 1 is 1.06 bits per heavy atom. The number of carboxylic acid groups (broad SMARTS) is 1. The van der Waals surface area contributed by atoms with Crippen molar-refractivity contribution in [3.05, 3.63) is 75.3 Å². The van der Waals surface area contributed by atoms with Crippen molar-refractivity contribution in [2.45, 2.75) is 31.7 Å². The van der Waals surface area contributed by atoms with Crippen LogP contribution in [0.5, 0.6) is 5.75 Å². The fourth-order valence-electron chi connectivity index (χ4n) is 3.96. The number of para-hydroxylation sites is 1. The maximum atomic E-state index is 13.0. The van der Waals surface area contributed by atoms with Crippen molar-refractivity contribution in [3.63, 3.8) is 0 Å². The molecule has 1 aliphatic heterocycles. The van der Waals surface area contributed by atoms with Crippen molar-refractivity contribution >= 4 is 29.1 Å². The first-order valence-electron chi connectivity index (χ1n) is 10.6. The molecule has 1 unspecified atom stereocenters. The van der Waals surface area contributed by atoms with E-state index < -0.39 is 34.4 Å². The minimum absolute atomic E-state index is 0.0239. The number of carbonyl (C=O) groups is 3. The van der Waals surface area contributed by atoms with Gasteiger partial charge in [-0.25, -0.2) is 0 Å². The number of nitrogens with zero attached hydrogens (tertiary/aromatic N) is 2. The van der Waals surface area contributed by atoms with Gasteiger partial charge in [0.1, 0.15) is 11.5 Å². The first-order chi connectivity index (χ1) is 16.3. The van der Waals surface area contributed by atoms with E-state index in [0.29, 0.717) is 25.0 Å². The van der Waals surface area contributed by atoms with Crippen LogP contribution in [-0.4, -0.2) is 51.4 Å². The average Bonchev–Trinajstić information content (AvgIpc) is 3.08. The number of ether oxygens (including phenoxy) is 1. The molecule has 1 heterocycles. The summed E-state index contributed by atoms with van der Waals surface area (Å²) in [6, 6.07) is 10.8. The number of carboxylic acids is 1. The minimum Gasteiger partial charge on any atom is -0.507 e. The number of unbranched alkanes of at least 4 members (excludes halogenated alkanes) is 2. The smallest absolute Gasteiger partial charge is 0.303 e. The number of hydrogen-bond acceptors (Lipinski definition) is 7. The second kappa shape index (κ2) is 10.6. The Balaban J connectivity index is 2.06. The molecule has 10 heteroatoms. The lowest BCUT2D eigenvalue weighted by molar-refractivity contribution is -0.385. The van der Waals surface area contributed by atoms with E-state index >= 15 is 0 Å². The van der Waals surface area contributed by atoms with Crippen molar-refractivity contribution in [3.8, 4) is 5.75 Å². The number of Topliss-reactive ketones (excluding diaryl/α,β-unsaturated/α-hetero) is 1. The van der Waals surface area contributed by atoms with E-state index in [0.717, 1.165) is 0 Å². The van der Waals surface area contributed by atoms with Crippen LogP contribution in [0, 0.1) is 10.1 Å². The molecule has 0 saturated carbocycles. The molecule has 178 valence electrons. The number of methoxy groups -OCH3 is 1. The summed E-state index contributed by atoms with van der Waals surface area (Å²) in [5.74, 6) is -2.68. The molecule has 1 saturated heterocycles. The van der Waals surface area contributed by atoms with Crippen LogP contribution in [0.25, 0.3) is 5.76 Å². The Labute approximate surface area is 195 Å². The monoisotopic (exact) mass is 468 g/mol. The molecule has 0 radical (unpaired) electrons. The van der Waals surface area contributed by atoms with Crippen LogP contribution in [0.2, 0.25) is 0 Å². The number of aliphatic hydroxyl groups excluding tert-OH is 1. The number of benzene rings is 2. The number of carbonyl (C=O) groups excluding carboxylic acids is 2. The molecular weight excluding hydrogens is 444 g/mol. The second-order valence-corrected chi connectivity index (χ2v) is 7.74. The summed E-state index contributed by atoms with van der Waals surface area (Å²) in [7, 11) is 1.48. The van der Waals surface area contributed by atoms with Crippen LogP contribution in [0.3, 0.4) is 0 Å². The Bertz CT molecular complexity index is 1140. The first kappa shape index (κ1) is 24.4. The van der Waals surface area contributed by atoms with Gasteiger partial charge in [-0.15, -0.1) is 0 Å². The van der Waals surface area contributed by atoms with Crippen LogP contribution in [-0.2, 0) is 14.4 Å². The van der Waals surface area contributed by atoms with E-state index in [4.69, 9.17) is 9.84 Å². The molecule has 2 N–H and O–H groups in total. The van der Waals surface area contributed by atoms with Gasteiger partial charge in [-0.2, -0.15) is 0 Å². The van der Waals surface area contributed by atoms with E-state index in [2.05, 4.69) is 0 Å². The third kappa shape index (κ3) is 5.06. The SMILES string of the molecule is COc1ccc(/C(O)=C2\C(=O)C(=O)N(CCCCCC(=O)O)C2c2ccccc2[N+](=O)[O-])cc1. The molecule has 0 bridgehead atoms. The number of aliphatic carboxylic acids is 1. The number of nitro benzene ring substituents is 1. The predicted octanol–water partition coefficient (Wildman–Crippen LogP) is 3.67. The van der Waals surface area contributed by atoms with E-state index in [-0.39, 0.29) is 35.4 Å². The van der Waals surface area contributed by atoms with Crippen molar-refractivity contribution in [2.24, 2.45) is 0 Å². The maximum absolute atomic E-state index is 13.0. The lowest BCUT2D eigenvalue weighted by Gasteiger charge is -2.25. The standard InChI is InChI=1S/C24H24N2O8/c1-34-16-12-10-15(11-13-16)22(29)20-21(17-7-4-5-8-18(17)26(32)33)25(24(31)23(20)30)14-6-2-3-9-19(27)28/h4-5,7-8,10-13,21,29H,2-3,6,9,14H2,1H3,(H,27,28)/b22-20+. The van der Waals surface area contributed by atoms with E-state index in [1.807, 2.05) is 0 Å². The molecule has 0 aliphatic carbocycles. The van der Waals surface area contributed by atoms with E-state index in [1.165, 1.54) is 42.3 Å². The number of rotatable bonds is 10. The molecule has 1 fully saturated rings. The number of amides is 1. The Morgan fingerprint density at radius 2 is 1.74 bits per heavy atom. The molecule has 0 aromatic heterocycles. The highest BCUT2D eigenvalue weighted by Gasteiger charge is 2.47. The van der Waals surface area contributed by atoms with Gasteiger partial charge < -0.3 is 19.8 Å². The van der Waals surface area contributed by atoms with Crippen LogP contribution in [0.1, 0.15) is 42.9 Å². The number of aliphatic hydroxyl groups is 1. The van der Waals surface area contributed by atoms with Crippen LogP contribution in [0.4, 0.5) is 5.69 Å². The van der Waals surface area contributed by atoms with Crippen LogP contribution in [0.15, 0.2) is 54.1 Å². The van der Waals surface area contributed by atoms with Gasteiger partial charge in [-0.1, -0.05) is 18.6 Å². The molecule has 3 rings (SSSR count). The van der Waals surface area contributed by atoms with Crippen molar-refractivity contribution in [1.82, 2.24) is 4.90 Å². The number of hydrogen-bond donors (Lipinski definition) is 2. The molecule has 2 aromatic carbocycles. The summed E-state index contributed by atoms with van der Waals surface area (Å²) in [6.07, 6.45) is 1.24. The molecule has 1 atom stereocenters. The lowest BCUT2D eigenvalue weighted by atomic mass is 9.94. The number of nitro groups is 1. The van der Waals surface area contributed by atoms with E-state index in [1.54, 1.807) is 18.2 Å². The van der Waals surface area contributed by atoms with Crippen molar-refractivity contribution in [1.29, 1.82) is 0 Å². The highest BCUT2D eigenvalue weighted by molar-refractivity contribution is 6.46. The quantitative estimate of drug-likeness (QED) is 0.134. The zero-order valence-electron chi connectivity index (χ0n) is 18.5. The molecule has 34 heavy (non-hydrogen) atoms. The summed E-state index contributed by atoms with van der Waals surface area (Å²) < 4.78 is 5.10. The van der Waals surface area contributed by atoms with Gasteiger partial charge >= 0.3 is 5.97 Å². The molecular formula is C24H24N2O8. The summed E-state index contributed by atoms with van der Waals surface area (Å²) in [4.78, 5) is 49.0. The van der Waals surface area contributed by atoms with Gasteiger partial charge in [0.15, 0.2) is 0 Å². The minimum atomic E-state index is -1.16. The van der Waals surface area contributed by atoms with Gasteiger partial charge in [0.25, 0.3) is 17.4 Å². The normalized spacial score (nSPS) is 17.1. The Hall–Kier alpha value is -4.21. The molecule has 0 spiro atoms. The topological polar surface area (TPSA) is 147 Å². The van der Waals surface area contributed by atoms with Crippen LogP contribution < -0.4 is 4.74 Å². The maximum Gasteiger partial charge on any atom is 0.303 e. The molecule has 10 nitrogen and oxygen atoms in total. The molecule has 1 amide bonds. The summed E-state index contributed by atoms with van der Waals surface area (Å²) in [6.45, 7) is 0.0697. The van der Waals surface area contributed by atoms with Gasteiger partial charge in [0.2, 0.25) is 0 Å². The average molecular weight is 468 g/mol. The Morgan fingerprint density at radius 3 is 2.35 bits per heavy atom. The zero-order chi connectivity index (χ0) is 24.8. The first-order valence-corrected chi connectivity index (χ1v) is 10.6. The van der Waals surface area contributed by atoms with Crippen molar-refractivity contribution in [2.75, 3.05) is 13.7 Å². The summed E-state index contributed by atoms with van der Waals surface area (Å²) >= 11 is 0. The lowest BCUT2D eigenvalue weighted by Crippen LogP contribution is -2.31. The van der Waals surface area contributed by atoms with E-state index in [9.17, 15) is 29.6 Å². The third-order valence-corrected chi connectivity index (χ3v) is 5.62. The van der Waals surface area contributed by atoms with Gasteiger partial charge in [-0.05, 0) is 43.2 Å². The number of likely N-dealkylation sites (tertiary alicyclic amines) is 1. The zero-order valence-corrected chi connectivity index (χ0v) is 18.5. The van der Waals surface area contributed by atoms with Crippen LogP contribution >= 0.6 is 0 Å².